The van der Waals surface area contributed by atoms with E-state index in [0.29, 0.717) is 11.7 Å². The number of carboxylic acid groups (broad SMARTS) is 1. The lowest BCUT2D eigenvalue weighted by molar-refractivity contribution is -0.137. The fourth-order valence-electron chi connectivity index (χ4n) is 1.65. The molecule has 1 saturated carbocycles. The topological polar surface area (TPSA) is 83.6 Å². The number of aromatic nitrogens is 1. The van der Waals surface area contributed by atoms with Gasteiger partial charge in [-0.2, -0.15) is 0 Å². The van der Waals surface area contributed by atoms with Crippen molar-refractivity contribution in [3.05, 3.63) is 30.2 Å². The van der Waals surface area contributed by atoms with Crippen molar-refractivity contribution in [2.45, 2.75) is 18.8 Å². The summed E-state index contributed by atoms with van der Waals surface area (Å²) in [5, 5.41) is 12.4. The van der Waals surface area contributed by atoms with Crippen LogP contribution in [0.4, 0.5) is 0 Å². The first-order valence-corrected chi connectivity index (χ1v) is 5.70. The zero-order chi connectivity index (χ0) is 13.1. The molecule has 1 N–H and O–H groups in total. The average molecular weight is 250 g/mol. The third-order valence-electron chi connectivity index (χ3n) is 2.69. The van der Waals surface area contributed by atoms with Gasteiger partial charge in [-0.05, 0) is 12.8 Å². The molecule has 1 amide bonds. The number of aliphatic carboxylic acids is 1. The number of carbonyl (C=O) groups excluding carboxylic acids is 1. The van der Waals surface area contributed by atoms with Crippen LogP contribution in [0.25, 0.3) is 0 Å². The molecule has 6 heteroatoms. The van der Waals surface area contributed by atoms with E-state index >= 15 is 0 Å². The van der Waals surface area contributed by atoms with Gasteiger partial charge >= 0.3 is 5.97 Å². The SMILES string of the molecule is C=CCN(CC(=O)O)C(=O)c1cc(C2CC2)on1. The molecule has 0 atom stereocenters. The van der Waals surface area contributed by atoms with Gasteiger partial charge in [0.1, 0.15) is 12.3 Å². The molecule has 1 aliphatic carbocycles. The van der Waals surface area contributed by atoms with Crippen molar-refractivity contribution in [2.75, 3.05) is 13.1 Å². The van der Waals surface area contributed by atoms with E-state index in [1.807, 2.05) is 0 Å². The number of hydrogen-bond acceptors (Lipinski definition) is 4. The molecule has 1 heterocycles. The van der Waals surface area contributed by atoms with Gasteiger partial charge in [-0.15, -0.1) is 6.58 Å². The molecule has 2 rings (SSSR count). The maximum atomic E-state index is 12.0. The van der Waals surface area contributed by atoms with Gasteiger partial charge in [-0.25, -0.2) is 0 Å². The van der Waals surface area contributed by atoms with Crippen LogP contribution in [0, 0.1) is 0 Å². The minimum atomic E-state index is -1.07. The Hall–Kier alpha value is -2.11. The molecule has 0 radical (unpaired) electrons. The maximum Gasteiger partial charge on any atom is 0.323 e. The summed E-state index contributed by atoms with van der Waals surface area (Å²) < 4.78 is 5.07. The van der Waals surface area contributed by atoms with Crippen molar-refractivity contribution in [3.63, 3.8) is 0 Å². The third kappa shape index (κ3) is 2.77. The molecule has 1 aromatic rings. The fraction of sp³-hybridized carbons (Fsp3) is 0.417. The van der Waals surface area contributed by atoms with Crippen molar-refractivity contribution in [1.82, 2.24) is 10.1 Å². The Morgan fingerprint density at radius 2 is 2.33 bits per heavy atom. The smallest absolute Gasteiger partial charge is 0.323 e. The van der Waals surface area contributed by atoms with Crippen molar-refractivity contribution >= 4 is 11.9 Å². The van der Waals surface area contributed by atoms with E-state index < -0.39 is 11.9 Å². The molecule has 1 aliphatic rings. The molecule has 0 saturated heterocycles. The van der Waals surface area contributed by atoms with Gasteiger partial charge in [-0.1, -0.05) is 11.2 Å². The molecule has 1 aromatic heterocycles. The molecule has 0 spiro atoms. The lowest BCUT2D eigenvalue weighted by Gasteiger charge is -2.16. The second-order valence-corrected chi connectivity index (χ2v) is 4.26. The zero-order valence-corrected chi connectivity index (χ0v) is 9.83. The summed E-state index contributed by atoms with van der Waals surface area (Å²) in [7, 11) is 0. The van der Waals surface area contributed by atoms with Crippen molar-refractivity contribution in [1.29, 1.82) is 0 Å². The lowest BCUT2D eigenvalue weighted by atomic mass is 10.2. The minimum absolute atomic E-state index is 0.153. The average Bonchev–Trinajstić information content (AvgIpc) is 3.05. The van der Waals surface area contributed by atoms with Crippen LogP contribution < -0.4 is 0 Å². The number of carboxylic acids is 1. The molecule has 0 aliphatic heterocycles. The Balaban J connectivity index is 2.09. The Morgan fingerprint density at radius 3 is 2.89 bits per heavy atom. The van der Waals surface area contributed by atoms with Crippen molar-refractivity contribution in [2.24, 2.45) is 0 Å². The highest BCUT2D eigenvalue weighted by Crippen LogP contribution is 2.40. The normalized spacial score (nSPS) is 14.2. The molecular formula is C12H14N2O4. The molecule has 0 unspecified atom stereocenters. The fourth-order valence-corrected chi connectivity index (χ4v) is 1.65. The van der Waals surface area contributed by atoms with Crippen LogP contribution >= 0.6 is 0 Å². The Bertz CT molecular complexity index is 476. The second-order valence-electron chi connectivity index (χ2n) is 4.26. The third-order valence-corrected chi connectivity index (χ3v) is 2.69. The van der Waals surface area contributed by atoms with E-state index in [1.165, 1.54) is 6.08 Å². The summed E-state index contributed by atoms with van der Waals surface area (Å²) in [5.41, 5.74) is 0.153. The standard InChI is InChI=1S/C12H14N2O4/c1-2-5-14(7-11(15)16)12(17)9-6-10(18-13-9)8-3-4-8/h2,6,8H,1,3-5,7H2,(H,15,16). The van der Waals surface area contributed by atoms with Gasteiger partial charge in [0.05, 0.1) is 0 Å². The van der Waals surface area contributed by atoms with Gasteiger partial charge in [-0.3, -0.25) is 9.59 Å². The summed E-state index contributed by atoms with van der Waals surface area (Å²) in [6.07, 6.45) is 3.57. The van der Waals surface area contributed by atoms with E-state index in [4.69, 9.17) is 9.63 Å². The van der Waals surface area contributed by atoms with Crippen LogP contribution in [0.5, 0.6) is 0 Å². The molecule has 1 fully saturated rings. The highest BCUT2D eigenvalue weighted by Gasteiger charge is 2.30. The monoisotopic (exact) mass is 250 g/mol. The first kappa shape index (κ1) is 12.3. The quantitative estimate of drug-likeness (QED) is 0.768. The van der Waals surface area contributed by atoms with Crippen molar-refractivity contribution in [3.8, 4) is 0 Å². The summed E-state index contributed by atoms with van der Waals surface area (Å²) in [6.45, 7) is 3.28. The van der Waals surface area contributed by atoms with Gasteiger partial charge in [0.2, 0.25) is 0 Å². The summed E-state index contributed by atoms with van der Waals surface area (Å²) in [5.74, 6) is -0.456. The minimum Gasteiger partial charge on any atom is -0.480 e. The second kappa shape index (κ2) is 5.03. The molecule has 6 nitrogen and oxygen atoms in total. The number of amides is 1. The van der Waals surface area contributed by atoms with Gasteiger partial charge in [0, 0.05) is 18.5 Å². The summed E-state index contributed by atoms with van der Waals surface area (Å²) in [6, 6.07) is 1.60. The predicted molar refractivity (Wildman–Crippen MR) is 62.2 cm³/mol. The Morgan fingerprint density at radius 1 is 1.61 bits per heavy atom. The molecule has 96 valence electrons. The Labute approximate surface area is 104 Å². The van der Waals surface area contributed by atoms with Gasteiger partial charge in [0.25, 0.3) is 5.91 Å². The van der Waals surface area contributed by atoms with Gasteiger partial charge < -0.3 is 14.5 Å². The van der Waals surface area contributed by atoms with E-state index in [0.717, 1.165) is 17.7 Å². The van der Waals surface area contributed by atoms with Crippen LogP contribution in [0.15, 0.2) is 23.2 Å². The van der Waals surface area contributed by atoms with Crippen LogP contribution in [0.3, 0.4) is 0 Å². The highest BCUT2D eigenvalue weighted by molar-refractivity contribution is 5.94. The number of nitrogens with zero attached hydrogens (tertiary/aromatic N) is 2. The first-order chi connectivity index (χ1) is 8.61. The van der Waals surface area contributed by atoms with E-state index in [9.17, 15) is 9.59 Å². The maximum absolute atomic E-state index is 12.0. The predicted octanol–water partition coefficient (Wildman–Crippen LogP) is 1.26. The molecular weight excluding hydrogens is 236 g/mol. The Kier molecular flexibility index (Phi) is 3.45. The zero-order valence-electron chi connectivity index (χ0n) is 9.83. The number of hydrogen-bond donors (Lipinski definition) is 1. The molecule has 0 bridgehead atoms. The van der Waals surface area contributed by atoms with Gasteiger partial charge in [0.15, 0.2) is 5.69 Å². The number of carbonyl (C=O) groups is 2. The molecule has 18 heavy (non-hydrogen) atoms. The van der Waals surface area contributed by atoms with Crippen molar-refractivity contribution < 1.29 is 19.2 Å². The molecule has 0 aromatic carbocycles. The summed E-state index contributed by atoms with van der Waals surface area (Å²) >= 11 is 0. The van der Waals surface area contributed by atoms with E-state index in [-0.39, 0.29) is 18.8 Å². The van der Waals surface area contributed by atoms with E-state index in [2.05, 4.69) is 11.7 Å². The van der Waals surface area contributed by atoms with Crippen LogP contribution in [-0.2, 0) is 4.79 Å². The first-order valence-electron chi connectivity index (χ1n) is 5.70. The van der Waals surface area contributed by atoms with E-state index in [1.54, 1.807) is 6.07 Å². The van der Waals surface area contributed by atoms with Crippen LogP contribution in [0.2, 0.25) is 0 Å². The highest BCUT2D eigenvalue weighted by atomic mass is 16.5. The van der Waals surface area contributed by atoms with Crippen LogP contribution in [-0.4, -0.2) is 40.1 Å². The largest absolute Gasteiger partial charge is 0.480 e. The summed E-state index contributed by atoms with van der Waals surface area (Å²) in [4.78, 5) is 23.8. The number of rotatable bonds is 6. The lowest BCUT2D eigenvalue weighted by Crippen LogP contribution is -2.35. The van der Waals surface area contributed by atoms with Crippen LogP contribution in [0.1, 0.15) is 35.0 Å².